The van der Waals surface area contributed by atoms with Gasteiger partial charge < -0.3 is 5.32 Å². The Bertz CT molecular complexity index is 743. The van der Waals surface area contributed by atoms with E-state index >= 15 is 0 Å². The van der Waals surface area contributed by atoms with Crippen molar-refractivity contribution < 1.29 is 9.59 Å². The molecule has 0 spiro atoms. The van der Waals surface area contributed by atoms with E-state index in [9.17, 15) is 9.59 Å². The number of hydrogen-bond donors (Lipinski definition) is 1. The van der Waals surface area contributed by atoms with E-state index in [1.54, 1.807) is 12.1 Å². The fourth-order valence-electron chi connectivity index (χ4n) is 2.38. The van der Waals surface area contributed by atoms with Gasteiger partial charge in [0.05, 0.1) is 11.4 Å². The molecule has 1 N–H and O–H groups in total. The third kappa shape index (κ3) is 2.56. The van der Waals surface area contributed by atoms with E-state index in [0.717, 1.165) is 15.7 Å². The molecule has 21 heavy (non-hydrogen) atoms. The van der Waals surface area contributed by atoms with E-state index in [0.29, 0.717) is 11.3 Å². The number of carbonyl (C=O) groups is 2. The van der Waals surface area contributed by atoms with Crippen LogP contribution in [0.5, 0.6) is 0 Å². The number of amides is 2. The van der Waals surface area contributed by atoms with Crippen molar-refractivity contribution in [1.82, 2.24) is 0 Å². The minimum Gasteiger partial charge on any atom is -0.323 e. The fraction of sp³-hybridized carbons (Fsp3) is 0.125. The van der Waals surface area contributed by atoms with Crippen LogP contribution in [0.3, 0.4) is 0 Å². The van der Waals surface area contributed by atoms with E-state index in [2.05, 4.69) is 21.2 Å². The Morgan fingerprint density at radius 2 is 2.00 bits per heavy atom. The predicted molar refractivity (Wildman–Crippen MR) is 85.6 cm³/mol. The molecule has 1 aliphatic heterocycles. The molecule has 0 fully saturated rings. The molecule has 5 heteroatoms. The number of halogens is 1. The average Bonchev–Trinajstić information content (AvgIpc) is 2.48. The number of benzene rings is 2. The van der Waals surface area contributed by atoms with Crippen LogP contribution in [0.15, 0.2) is 46.9 Å². The highest BCUT2D eigenvalue weighted by molar-refractivity contribution is 9.10. The first-order valence-electron chi connectivity index (χ1n) is 6.53. The minimum atomic E-state index is -0.185. The zero-order valence-electron chi connectivity index (χ0n) is 11.4. The topological polar surface area (TPSA) is 49.4 Å². The van der Waals surface area contributed by atoms with Gasteiger partial charge in [0.1, 0.15) is 6.54 Å². The molecule has 1 heterocycles. The molecule has 2 aromatic rings. The Morgan fingerprint density at radius 3 is 2.81 bits per heavy atom. The van der Waals surface area contributed by atoms with Gasteiger partial charge in [-0.15, -0.1) is 0 Å². The summed E-state index contributed by atoms with van der Waals surface area (Å²) in [6, 6.07) is 12.9. The highest BCUT2D eigenvalue weighted by Crippen LogP contribution is 2.30. The normalized spacial score (nSPS) is 13.6. The number of rotatable bonds is 1. The standard InChI is InChI=1S/C16H13BrN2O2/c1-10-6-7-11(17)8-12(10)16(21)19-9-15(20)18-13-4-2-3-5-14(13)19/h2-8H,9H2,1H3,(H,18,20). The van der Waals surface area contributed by atoms with Crippen LogP contribution in [0, 0.1) is 6.92 Å². The van der Waals surface area contributed by atoms with Crippen LogP contribution in [0.1, 0.15) is 15.9 Å². The first-order chi connectivity index (χ1) is 10.1. The van der Waals surface area contributed by atoms with Gasteiger partial charge in [-0.2, -0.15) is 0 Å². The van der Waals surface area contributed by atoms with Gasteiger partial charge >= 0.3 is 0 Å². The molecule has 1 aliphatic rings. The number of nitrogens with zero attached hydrogens (tertiary/aromatic N) is 1. The summed E-state index contributed by atoms with van der Waals surface area (Å²) in [5, 5.41) is 2.78. The fourth-order valence-corrected chi connectivity index (χ4v) is 2.75. The molecular weight excluding hydrogens is 332 g/mol. The summed E-state index contributed by atoms with van der Waals surface area (Å²) in [5.74, 6) is -0.356. The van der Waals surface area contributed by atoms with E-state index < -0.39 is 0 Å². The van der Waals surface area contributed by atoms with Gasteiger partial charge in [-0.25, -0.2) is 0 Å². The molecule has 4 nitrogen and oxygen atoms in total. The second kappa shape index (κ2) is 5.33. The number of hydrogen-bond acceptors (Lipinski definition) is 2. The molecule has 0 unspecified atom stereocenters. The van der Waals surface area contributed by atoms with Gasteiger partial charge in [-0.05, 0) is 36.8 Å². The monoisotopic (exact) mass is 344 g/mol. The van der Waals surface area contributed by atoms with Crippen LogP contribution in [-0.4, -0.2) is 18.4 Å². The van der Waals surface area contributed by atoms with Crippen molar-refractivity contribution in [2.75, 3.05) is 16.8 Å². The van der Waals surface area contributed by atoms with Gasteiger partial charge in [0.25, 0.3) is 5.91 Å². The second-order valence-corrected chi connectivity index (χ2v) is 5.83. The first-order valence-corrected chi connectivity index (χ1v) is 7.32. The van der Waals surface area contributed by atoms with Crippen LogP contribution in [0.25, 0.3) is 0 Å². The summed E-state index contributed by atoms with van der Waals surface area (Å²) < 4.78 is 0.839. The lowest BCUT2D eigenvalue weighted by molar-refractivity contribution is -0.115. The van der Waals surface area contributed by atoms with Gasteiger partial charge in [-0.3, -0.25) is 14.5 Å². The molecule has 106 valence electrons. The van der Waals surface area contributed by atoms with Crippen molar-refractivity contribution in [3.05, 3.63) is 58.1 Å². The number of nitrogens with one attached hydrogen (secondary N) is 1. The molecule has 0 aromatic heterocycles. The highest BCUT2D eigenvalue weighted by Gasteiger charge is 2.28. The smallest absolute Gasteiger partial charge is 0.259 e. The lowest BCUT2D eigenvalue weighted by Gasteiger charge is -2.29. The third-order valence-electron chi connectivity index (χ3n) is 3.45. The molecule has 2 amide bonds. The second-order valence-electron chi connectivity index (χ2n) is 4.92. The van der Waals surface area contributed by atoms with E-state index in [-0.39, 0.29) is 18.4 Å². The first kappa shape index (κ1) is 13.8. The molecule has 0 atom stereocenters. The zero-order chi connectivity index (χ0) is 15.0. The molecule has 0 aliphatic carbocycles. The van der Waals surface area contributed by atoms with Crippen LogP contribution < -0.4 is 10.2 Å². The summed E-state index contributed by atoms with van der Waals surface area (Å²) >= 11 is 3.38. The molecule has 2 aromatic carbocycles. The zero-order valence-corrected chi connectivity index (χ0v) is 13.0. The van der Waals surface area contributed by atoms with Crippen molar-refractivity contribution in [1.29, 1.82) is 0 Å². The Hall–Kier alpha value is -2.14. The molecule has 0 saturated carbocycles. The Morgan fingerprint density at radius 1 is 1.24 bits per heavy atom. The molecular formula is C16H13BrN2O2. The van der Waals surface area contributed by atoms with Crippen molar-refractivity contribution >= 4 is 39.1 Å². The Labute approximate surface area is 130 Å². The number of anilines is 2. The molecule has 0 radical (unpaired) electrons. The van der Waals surface area contributed by atoms with E-state index in [4.69, 9.17) is 0 Å². The summed E-state index contributed by atoms with van der Waals surface area (Å²) in [6.07, 6.45) is 0. The van der Waals surface area contributed by atoms with E-state index in [1.165, 1.54) is 4.90 Å². The Balaban J connectivity index is 2.06. The summed E-state index contributed by atoms with van der Waals surface area (Å²) in [5.41, 5.74) is 2.86. The molecule has 0 bridgehead atoms. The lowest BCUT2D eigenvalue weighted by Crippen LogP contribution is -2.42. The lowest BCUT2D eigenvalue weighted by atomic mass is 10.1. The predicted octanol–water partition coefficient (Wildman–Crippen LogP) is 3.36. The van der Waals surface area contributed by atoms with Gasteiger partial charge in [0.2, 0.25) is 5.91 Å². The van der Waals surface area contributed by atoms with E-state index in [1.807, 2.05) is 37.3 Å². The largest absolute Gasteiger partial charge is 0.323 e. The maximum Gasteiger partial charge on any atom is 0.259 e. The van der Waals surface area contributed by atoms with Gasteiger partial charge in [-0.1, -0.05) is 34.1 Å². The van der Waals surface area contributed by atoms with Crippen molar-refractivity contribution in [3.63, 3.8) is 0 Å². The highest BCUT2D eigenvalue weighted by atomic mass is 79.9. The Kier molecular flexibility index (Phi) is 3.51. The summed E-state index contributed by atoms with van der Waals surface area (Å²) in [7, 11) is 0. The number of para-hydroxylation sites is 2. The number of aryl methyl sites for hydroxylation is 1. The molecule has 0 saturated heterocycles. The van der Waals surface area contributed by atoms with Gasteiger partial charge in [0.15, 0.2) is 0 Å². The van der Waals surface area contributed by atoms with Crippen LogP contribution in [0.2, 0.25) is 0 Å². The SMILES string of the molecule is Cc1ccc(Br)cc1C(=O)N1CC(=O)Nc2ccccc21. The summed E-state index contributed by atoms with van der Waals surface area (Å²) in [4.78, 5) is 26.1. The maximum absolute atomic E-state index is 12.8. The molecule has 3 rings (SSSR count). The van der Waals surface area contributed by atoms with Crippen LogP contribution in [0.4, 0.5) is 11.4 Å². The average molecular weight is 345 g/mol. The van der Waals surface area contributed by atoms with Crippen molar-refractivity contribution in [2.45, 2.75) is 6.92 Å². The number of fused-ring (bicyclic) bond motifs is 1. The minimum absolute atomic E-state index is 0.0296. The van der Waals surface area contributed by atoms with Gasteiger partial charge in [0, 0.05) is 10.0 Å². The van der Waals surface area contributed by atoms with Crippen molar-refractivity contribution in [2.24, 2.45) is 0 Å². The summed E-state index contributed by atoms with van der Waals surface area (Å²) in [6.45, 7) is 1.91. The third-order valence-corrected chi connectivity index (χ3v) is 3.94. The van der Waals surface area contributed by atoms with Crippen molar-refractivity contribution in [3.8, 4) is 0 Å². The van der Waals surface area contributed by atoms with Crippen LogP contribution in [-0.2, 0) is 4.79 Å². The number of carbonyl (C=O) groups excluding carboxylic acids is 2. The van der Waals surface area contributed by atoms with Crippen LogP contribution >= 0.6 is 15.9 Å². The maximum atomic E-state index is 12.8. The quantitative estimate of drug-likeness (QED) is 0.862.